The molecule has 0 aliphatic heterocycles. The van der Waals surface area contributed by atoms with Gasteiger partial charge < -0.3 is 5.73 Å². The lowest BCUT2D eigenvalue weighted by molar-refractivity contribution is 0.100. The van der Waals surface area contributed by atoms with Crippen LogP contribution < -0.4 is 5.73 Å². The zero-order chi connectivity index (χ0) is 11.7. The van der Waals surface area contributed by atoms with Crippen LogP contribution in [0, 0.1) is 6.92 Å². The normalized spacial score (nSPS) is 10.6. The Labute approximate surface area is 94.3 Å². The van der Waals surface area contributed by atoms with Crippen molar-refractivity contribution in [3.8, 4) is 0 Å². The summed E-state index contributed by atoms with van der Waals surface area (Å²) in [6.07, 6.45) is 0.895. The Morgan fingerprint density at radius 2 is 2.19 bits per heavy atom. The summed E-state index contributed by atoms with van der Waals surface area (Å²) >= 11 is 0. The third kappa shape index (κ3) is 1.65. The number of para-hydroxylation sites is 1. The molecule has 0 radical (unpaired) electrons. The summed E-state index contributed by atoms with van der Waals surface area (Å²) in [6.45, 7) is 3.95. The van der Waals surface area contributed by atoms with E-state index in [4.69, 9.17) is 5.73 Å². The van der Waals surface area contributed by atoms with Crippen molar-refractivity contribution in [2.75, 3.05) is 0 Å². The number of aromatic nitrogens is 1. The van der Waals surface area contributed by atoms with E-state index in [1.165, 1.54) is 0 Å². The number of primary amides is 1. The van der Waals surface area contributed by atoms with Gasteiger partial charge in [0.25, 0.3) is 0 Å². The predicted molar refractivity (Wildman–Crippen MR) is 64.4 cm³/mol. The zero-order valence-corrected chi connectivity index (χ0v) is 9.45. The van der Waals surface area contributed by atoms with Gasteiger partial charge in [-0.25, -0.2) is 0 Å². The van der Waals surface area contributed by atoms with Crippen molar-refractivity contribution in [3.05, 3.63) is 41.1 Å². The standard InChI is InChI=1S/C13H14N2O/c1-3-9-5-4-6-10-11(13(14)16)7-8(2)15-12(9)10/h4-7H,3H2,1-2H3,(H2,14,16). The van der Waals surface area contributed by atoms with Crippen LogP contribution in [0.25, 0.3) is 10.9 Å². The van der Waals surface area contributed by atoms with E-state index in [9.17, 15) is 4.79 Å². The Bertz CT molecular complexity index is 561. The van der Waals surface area contributed by atoms with E-state index in [0.717, 1.165) is 28.6 Å². The first kappa shape index (κ1) is 10.6. The fourth-order valence-corrected chi connectivity index (χ4v) is 1.93. The summed E-state index contributed by atoms with van der Waals surface area (Å²) in [4.78, 5) is 15.8. The summed E-state index contributed by atoms with van der Waals surface area (Å²) in [5, 5.41) is 0.845. The molecule has 1 heterocycles. The second kappa shape index (κ2) is 3.93. The summed E-state index contributed by atoms with van der Waals surface area (Å²) in [7, 11) is 0. The molecule has 1 aromatic heterocycles. The maximum Gasteiger partial charge on any atom is 0.249 e. The van der Waals surface area contributed by atoms with E-state index < -0.39 is 5.91 Å². The largest absolute Gasteiger partial charge is 0.366 e. The minimum absolute atomic E-state index is 0.399. The molecule has 1 aromatic carbocycles. The second-order valence-electron chi connectivity index (χ2n) is 3.84. The van der Waals surface area contributed by atoms with E-state index in [0.29, 0.717) is 5.56 Å². The lowest BCUT2D eigenvalue weighted by atomic mass is 10.0. The number of fused-ring (bicyclic) bond motifs is 1. The minimum atomic E-state index is -0.399. The molecule has 0 aliphatic carbocycles. The molecule has 0 saturated carbocycles. The molecule has 0 bridgehead atoms. The van der Waals surface area contributed by atoms with Crippen LogP contribution >= 0.6 is 0 Å². The molecule has 0 aliphatic rings. The highest BCUT2D eigenvalue weighted by Crippen LogP contribution is 2.21. The van der Waals surface area contributed by atoms with Gasteiger partial charge in [-0.2, -0.15) is 0 Å². The van der Waals surface area contributed by atoms with E-state index >= 15 is 0 Å². The van der Waals surface area contributed by atoms with Gasteiger partial charge in [0.05, 0.1) is 11.1 Å². The summed E-state index contributed by atoms with van der Waals surface area (Å²) in [6, 6.07) is 7.59. The molecule has 3 nitrogen and oxygen atoms in total. The van der Waals surface area contributed by atoms with Crippen molar-refractivity contribution in [2.45, 2.75) is 20.3 Å². The Morgan fingerprint density at radius 1 is 1.44 bits per heavy atom. The van der Waals surface area contributed by atoms with E-state index in [2.05, 4.69) is 11.9 Å². The van der Waals surface area contributed by atoms with Gasteiger partial charge in [0.2, 0.25) is 5.91 Å². The first-order valence-corrected chi connectivity index (χ1v) is 5.32. The maximum atomic E-state index is 11.4. The number of nitrogens with two attached hydrogens (primary N) is 1. The van der Waals surface area contributed by atoms with Gasteiger partial charge in [-0.15, -0.1) is 0 Å². The van der Waals surface area contributed by atoms with Crippen molar-refractivity contribution >= 4 is 16.8 Å². The molecule has 3 heteroatoms. The van der Waals surface area contributed by atoms with Crippen LogP contribution in [0.3, 0.4) is 0 Å². The van der Waals surface area contributed by atoms with Crippen LogP contribution in [0.4, 0.5) is 0 Å². The van der Waals surface area contributed by atoms with Gasteiger partial charge in [-0.1, -0.05) is 25.1 Å². The number of amides is 1. The van der Waals surface area contributed by atoms with Gasteiger partial charge in [0.1, 0.15) is 0 Å². The van der Waals surface area contributed by atoms with Gasteiger partial charge >= 0.3 is 0 Å². The smallest absolute Gasteiger partial charge is 0.249 e. The van der Waals surface area contributed by atoms with Gasteiger partial charge in [-0.3, -0.25) is 9.78 Å². The highest BCUT2D eigenvalue weighted by atomic mass is 16.1. The Hall–Kier alpha value is -1.90. The number of aryl methyl sites for hydroxylation is 2. The van der Waals surface area contributed by atoms with E-state index in [-0.39, 0.29) is 0 Å². The van der Waals surface area contributed by atoms with Crippen molar-refractivity contribution in [3.63, 3.8) is 0 Å². The van der Waals surface area contributed by atoms with Gasteiger partial charge in [0, 0.05) is 11.1 Å². The number of rotatable bonds is 2. The number of hydrogen-bond acceptors (Lipinski definition) is 2. The number of pyridine rings is 1. The number of benzene rings is 1. The third-order valence-corrected chi connectivity index (χ3v) is 2.70. The average Bonchev–Trinajstić information content (AvgIpc) is 2.27. The quantitative estimate of drug-likeness (QED) is 0.833. The first-order valence-electron chi connectivity index (χ1n) is 5.32. The zero-order valence-electron chi connectivity index (χ0n) is 9.45. The lowest BCUT2D eigenvalue weighted by Gasteiger charge is -2.08. The monoisotopic (exact) mass is 214 g/mol. The first-order chi connectivity index (χ1) is 7.63. The van der Waals surface area contributed by atoms with Crippen LogP contribution in [-0.2, 0) is 6.42 Å². The minimum Gasteiger partial charge on any atom is -0.366 e. The molecule has 0 spiro atoms. The third-order valence-electron chi connectivity index (χ3n) is 2.70. The Kier molecular flexibility index (Phi) is 2.60. The molecule has 2 N–H and O–H groups in total. The SMILES string of the molecule is CCc1cccc2c(C(N)=O)cc(C)nc12. The molecule has 0 unspecified atom stereocenters. The molecule has 1 amide bonds. The topological polar surface area (TPSA) is 56.0 Å². The van der Waals surface area contributed by atoms with Crippen molar-refractivity contribution < 1.29 is 4.79 Å². The summed E-state index contributed by atoms with van der Waals surface area (Å²) in [5.74, 6) is -0.399. The molecular weight excluding hydrogens is 200 g/mol. The van der Waals surface area contributed by atoms with Crippen LogP contribution in [0.1, 0.15) is 28.5 Å². The second-order valence-corrected chi connectivity index (χ2v) is 3.84. The number of carbonyl (C=O) groups excluding carboxylic acids is 1. The molecule has 82 valence electrons. The van der Waals surface area contributed by atoms with Crippen LogP contribution in [0.5, 0.6) is 0 Å². The maximum absolute atomic E-state index is 11.4. The molecule has 0 atom stereocenters. The average molecular weight is 214 g/mol. The number of hydrogen-bond donors (Lipinski definition) is 1. The Morgan fingerprint density at radius 3 is 2.81 bits per heavy atom. The number of nitrogens with zero attached hydrogens (tertiary/aromatic N) is 1. The molecule has 0 fully saturated rings. The lowest BCUT2D eigenvalue weighted by Crippen LogP contribution is -2.12. The highest BCUT2D eigenvalue weighted by molar-refractivity contribution is 6.06. The summed E-state index contributed by atoms with van der Waals surface area (Å²) in [5.41, 5.74) is 8.78. The Balaban J connectivity index is 2.88. The van der Waals surface area contributed by atoms with Crippen molar-refractivity contribution in [1.29, 1.82) is 0 Å². The molecule has 2 aromatic rings. The van der Waals surface area contributed by atoms with E-state index in [1.807, 2.05) is 25.1 Å². The van der Waals surface area contributed by atoms with Crippen LogP contribution in [0.2, 0.25) is 0 Å². The van der Waals surface area contributed by atoms with Crippen LogP contribution in [-0.4, -0.2) is 10.9 Å². The van der Waals surface area contributed by atoms with Crippen molar-refractivity contribution in [2.24, 2.45) is 5.73 Å². The van der Waals surface area contributed by atoms with Crippen molar-refractivity contribution in [1.82, 2.24) is 4.98 Å². The van der Waals surface area contributed by atoms with E-state index in [1.54, 1.807) is 6.07 Å². The highest BCUT2D eigenvalue weighted by Gasteiger charge is 2.10. The van der Waals surface area contributed by atoms with Gasteiger partial charge in [-0.05, 0) is 25.0 Å². The molecule has 16 heavy (non-hydrogen) atoms. The molecular formula is C13H14N2O. The molecule has 0 saturated heterocycles. The fraction of sp³-hybridized carbons (Fsp3) is 0.231. The fourth-order valence-electron chi connectivity index (χ4n) is 1.93. The predicted octanol–water partition coefficient (Wildman–Crippen LogP) is 2.20. The molecule has 2 rings (SSSR count). The number of carbonyl (C=O) groups is 1. The summed E-state index contributed by atoms with van der Waals surface area (Å²) < 4.78 is 0. The van der Waals surface area contributed by atoms with Gasteiger partial charge in [0.15, 0.2) is 0 Å². The van der Waals surface area contributed by atoms with Crippen LogP contribution in [0.15, 0.2) is 24.3 Å².